The zero-order chi connectivity index (χ0) is 23.3. The number of rotatable bonds is 9. The zero-order valence-electron chi connectivity index (χ0n) is 19.7. The summed E-state index contributed by atoms with van der Waals surface area (Å²) >= 11 is 0. The van der Waals surface area contributed by atoms with E-state index in [4.69, 9.17) is 14.7 Å². The predicted octanol–water partition coefficient (Wildman–Crippen LogP) is 2.85. The summed E-state index contributed by atoms with van der Waals surface area (Å²) in [6.45, 7) is 8.41. The highest BCUT2D eigenvalue weighted by molar-refractivity contribution is 5.85. The first-order chi connectivity index (χ1) is 16.7. The van der Waals surface area contributed by atoms with Gasteiger partial charge in [0.15, 0.2) is 17.0 Å². The summed E-state index contributed by atoms with van der Waals surface area (Å²) in [6.07, 6.45) is 4.36. The predicted molar refractivity (Wildman–Crippen MR) is 133 cm³/mol. The van der Waals surface area contributed by atoms with Gasteiger partial charge >= 0.3 is 0 Å². The number of nitrogens with one attached hydrogen (secondary N) is 2. The minimum absolute atomic E-state index is 0.229. The van der Waals surface area contributed by atoms with Crippen LogP contribution in [0.1, 0.15) is 26.2 Å². The Morgan fingerprint density at radius 1 is 1.06 bits per heavy atom. The Kier molecular flexibility index (Phi) is 6.75. The van der Waals surface area contributed by atoms with E-state index in [1.807, 2.05) is 21.6 Å². The number of imidazole rings is 1. The van der Waals surface area contributed by atoms with Gasteiger partial charge in [0.1, 0.15) is 0 Å². The smallest absolute Gasteiger partial charge is 0.231 e. The van der Waals surface area contributed by atoms with Crippen LogP contribution in [-0.2, 0) is 16.1 Å². The first kappa shape index (κ1) is 22.4. The minimum atomic E-state index is 0.229. The van der Waals surface area contributed by atoms with Gasteiger partial charge in [-0.25, -0.2) is 4.98 Å². The molecular weight excluding hydrogens is 432 g/mol. The molecule has 10 nitrogen and oxygen atoms in total. The fourth-order valence-corrected chi connectivity index (χ4v) is 4.41. The van der Waals surface area contributed by atoms with Gasteiger partial charge in [-0.15, -0.1) is 0 Å². The second-order valence-electron chi connectivity index (χ2n) is 8.69. The molecule has 1 aromatic carbocycles. The summed E-state index contributed by atoms with van der Waals surface area (Å²) in [5.41, 5.74) is 3.61. The number of hydrogen-bond donors (Lipinski definition) is 2. The molecule has 0 radical (unpaired) electrons. The second kappa shape index (κ2) is 10.3. The molecule has 5 rings (SSSR count). The number of amides is 1. The molecule has 2 fully saturated rings. The van der Waals surface area contributed by atoms with Crippen molar-refractivity contribution in [3.05, 3.63) is 30.6 Å². The van der Waals surface area contributed by atoms with Crippen LogP contribution < -0.4 is 15.5 Å². The molecule has 0 saturated carbocycles. The Morgan fingerprint density at radius 3 is 2.62 bits per heavy atom. The number of fused-ring (bicyclic) bond motifs is 1. The molecule has 2 saturated heterocycles. The van der Waals surface area contributed by atoms with E-state index in [1.165, 1.54) is 5.69 Å². The van der Waals surface area contributed by atoms with Gasteiger partial charge in [-0.2, -0.15) is 9.97 Å². The molecule has 180 valence electrons. The van der Waals surface area contributed by atoms with Crippen molar-refractivity contribution in [3.8, 4) is 0 Å². The highest BCUT2D eigenvalue weighted by Gasteiger charge is 2.20. The first-order valence-electron chi connectivity index (χ1n) is 12.2. The summed E-state index contributed by atoms with van der Waals surface area (Å²) in [5.74, 6) is 1.46. The third kappa shape index (κ3) is 4.91. The van der Waals surface area contributed by atoms with Gasteiger partial charge in [-0.05, 0) is 37.1 Å². The fraction of sp³-hybridized carbons (Fsp3) is 0.500. The quantitative estimate of drug-likeness (QED) is 0.499. The zero-order valence-corrected chi connectivity index (χ0v) is 19.7. The van der Waals surface area contributed by atoms with Gasteiger partial charge < -0.3 is 29.7 Å². The van der Waals surface area contributed by atoms with Crippen LogP contribution in [-0.4, -0.2) is 76.3 Å². The molecule has 0 aliphatic carbocycles. The molecule has 4 heterocycles. The maximum Gasteiger partial charge on any atom is 0.231 e. The van der Waals surface area contributed by atoms with E-state index in [1.54, 1.807) is 6.33 Å². The van der Waals surface area contributed by atoms with Gasteiger partial charge in [0.25, 0.3) is 0 Å². The lowest BCUT2D eigenvalue weighted by molar-refractivity contribution is -0.127. The van der Waals surface area contributed by atoms with Crippen molar-refractivity contribution in [2.24, 2.45) is 0 Å². The largest absolute Gasteiger partial charge is 0.378 e. The van der Waals surface area contributed by atoms with E-state index in [-0.39, 0.29) is 5.91 Å². The first-order valence-corrected chi connectivity index (χ1v) is 12.2. The van der Waals surface area contributed by atoms with Crippen LogP contribution in [0.15, 0.2) is 30.6 Å². The normalized spacial score (nSPS) is 16.4. The van der Waals surface area contributed by atoms with Gasteiger partial charge in [-0.1, -0.05) is 6.92 Å². The van der Waals surface area contributed by atoms with Gasteiger partial charge in [0.2, 0.25) is 11.9 Å². The van der Waals surface area contributed by atoms with E-state index in [9.17, 15) is 4.79 Å². The average molecular weight is 465 g/mol. The Bertz CT molecular complexity index is 1120. The number of anilines is 4. The van der Waals surface area contributed by atoms with Crippen LogP contribution in [0.25, 0.3) is 11.2 Å². The molecule has 2 aromatic heterocycles. The van der Waals surface area contributed by atoms with E-state index < -0.39 is 0 Å². The van der Waals surface area contributed by atoms with E-state index >= 15 is 0 Å². The molecule has 0 spiro atoms. The van der Waals surface area contributed by atoms with Crippen LogP contribution in [0.2, 0.25) is 0 Å². The third-order valence-corrected chi connectivity index (χ3v) is 6.29. The summed E-state index contributed by atoms with van der Waals surface area (Å²) in [5, 5.41) is 6.74. The Hall–Kier alpha value is -3.40. The lowest BCUT2D eigenvalue weighted by Gasteiger charge is -2.28. The molecule has 3 aromatic rings. The number of carbonyl (C=O) groups is 1. The molecule has 10 heteroatoms. The number of hydrogen-bond acceptors (Lipinski definition) is 8. The van der Waals surface area contributed by atoms with Crippen molar-refractivity contribution < 1.29 is 9.53 Å². The second-order valence-corrected chi connectivity index (χ2v) is 8.69. The van der Waals surface area contributed by atoms with Crippen LogP contribution in [0.5, 0.6) is 0 Å². The van der Waals surface area contributed by atoms with Crippen LogP contribution in [0.3, 0.4) is 0 Å². The lowest BCUT2D eigenvalue weighted by atomic mass is 10.2. The molecule has 34 heavy (non-hydrogen) atoms. The van der Waals surface area contributed by atoms with Gasteiger partial charge in [0.05, 0.1) is 19.5 Å². The monoisotopic (exact) mass is 464 g/mol. The fourth-order valence-electron chi connectivity index (χ4n) is 4.41. The van der Waals surface area contributed by atoms with Gasteiger partial charge in [0, 0.05) is 57.1 Å². The van der Waals surface area contributed by atoms with Crippen molar-refractivity contribution in [1.82, 2.24) is 24.4 Å². The van der Waals surface area contributed by atoms with Crippen LogP contribution >= 0.6 is 0 Å². The van der Waals surface area contributed by atoms with Crippen LogP contribution in [0.4, 0.5) is 23.1 Å². The standard InChI is InChI=1S/C24H32N8O2/c1-2-9-25-22-21-23(32(17-26-21)12-11-31-10-3-4-20(31)33)29-24(28-22)27-18-5-7-19(8-6-18)30-13-15-34-16-14-30/h5-8,17H,2-4,9-16H2,1H3,(H2,25,27,28,29). The maximum atomic E-state index is 12.0. The average Bonchev–Trinajstić information content (AvgIpc) is 3.48. The summed E-state index contributed by atoms with van der Waals surface area (Å²) < 4.78 is 7.46. The summed E-state index contributed by atoms with van der Waals surface area (Å²) in [7, 11) is 0. The topological polar surface area (TPSA) is 100 Å². The van der Waals surface area contributed by atoms with Crippen LogP contribution in [0, 0.1) is 0 Å². The molecule has 0 bridgehead atoms. The number of carbonyl (C=O) groups excluding carboxylic acids is 1. The van der Waals surface area contributed by atoms with E-state index in [2.05, 4.69) is 39.6 Å². The van der Waals surface area contributed by atoms with Crippen molar-refractivity contribution >= 4 is 40.2 Å². The molecule has 0 unspecified atom stereocenters. The highest BCUT2D eigenvalue weighted by atomic mass is 16.5. The Balaban J connectivity index is 1.36. The molecule has 2 N–H and O–H groups in total. The Labute approximate surface area is 199 Å². The lowest BCUT2D eigenvalue weighted by Crippen LogP contribution is -2.36. The molecule has 2 aliphatic rings. The van der Waals surface area contributed by atoms with Gasteiger partial charge in [-0.3, -0.25) is 4.79 Å². The molecular formula is C24H32N8O2. The number of aromatic nitrogens is 4. The Morgan fingerprint density at radius 2 is 1.88 bits per heavy atom. The van der Waals surface area contributed by atoms with Crippen molar-refractivity contribution in [2.45, 2.75) is 32.7 Å². The third-order valence-electron chi connectivity index (χ3n) is 6.29. The molecule has 1 amide bonds. The summed E-state index contributed by atoms with van der Waals surface area (Å²) in [6, 6.07) is 8.32. The number of ether oxygens (including phenoxy) is 1. The number of benzene rings is 1. The van der Waals surface area contributed by atoms with E-state index in [0.717, 1.165) is 74.9 Å². The van der Waals surface area contributed by atoms with Crippen molar-refractivity contribution in [2.75, 3.05) is 61.5 Å². The maximum absolute atomic E-state index is 12.0. The van der Waals surface area contributed by atoms with E-state index in [0.29, 0.717) is 25.5 Å². The molecule has 2 aliphatic heterocycles. The molecule has 0 atom stereocenters. The number of morpholine rings is 1. The number of nitrogens with zero attached hydrogens (tertiary/aromatic N) is 6. The minimum Gasteiger partial charge on any atom is -0.378 e. The SMILES string of the molecule is CCCNc1nc(Nc2ccc(N3CCOCC3)cc2)nc2c1ncn2CCN1CCCC1=O. The highest BCUT2D eigenvalue weighted by Crippen LogP contribution is 2.25. The van der Waals surface area contributed by atoms with Crippen molar-refractivity contribution in [1.29, 1.82) is 0 Å². The number of likely N-dealkylation sites (tertiary alicyclic amines) is 1. The van der Waals surface area contributed by atoms with Crippen molar-refractivity contribution in [3.63, 3.8) is 0 Å². The summed E-state index contributed by atoms with van der Waals surface area (Å²) in [4.78, 5) is 30.3.